The van der Waals surface area contributed by atoms with E-state index >= 15 is 0 Å². The van der Waals surface area contributed by atoms with Gasteiger partial charge in [-0.3, -0.25) is 4.79 Å². The number of benzene rings is 2. The third-order valence-electron chi connectivity index (χ3n) is 3.64. The molecule has 1 heterocycles. The average Bonchev–Trinajstić information content (AvgIpc) is 3.09. The lowest BCUT2D eigenvalue weighted by Gasteiger charge is -2.06. The van der Waals surface area contributed by atoms with Crippen LogP contribution < -0.4 is 15.6 Å². The maximum Gasteiger partial charge on any atom is 0.259 e. The molecule has 0 saturated heterocycles. The second kappa shape index (κ2) is 7.53. The summed E-state index contributed by atoms with van der Waals surface area (Å²) in [6.07, 6.45) is 1.47. The van der Waals surface area contributed by atoms with Crippen LogP contribution in [0.3, 0.4) is 0 Å². The fourth-order valence-corrected chi connectivity index (χ4v) is 2.34. The first kappa shape index (κ1) is 16.6. The molecular weight excluding hydrogens is 316 g/mol. The lowest BCUT2D eigenvalue weighted by Crippen LogP contribution is -2.25. The maximum atomic E-state index is 11.9. The van der Waals surface area contributed by atoms with Gasteiger partial charge >= 0.3 is 0 Å². The zero-order valence-electron chi connectivity index (χ0n) is 14.2. The largest absolute Gasteiger partial charge is 0.440 e. The molecule has 0 aliphatic carbocycles. The van der Waals surface area contributed by atoms with Crippen molar-refractivity contribution in [3.63, 3.8) is 0 Å². The van der Waals surface area contributed by atoms with Gasteiger partial charge in [0.1, 0.15) is 5.76 Å². The number of nitrogens with zero attached hydrogens (tertiary/aromatic N) is 2. The van der Waals surface area contributed by atoms with Crippen LogP contribution in [0.2, 0.25) is 0 Å². The minimum Gasteiger partial charge on any atom is -0.440 e. The molecule has 0 radical (unpaired) electrons. The Bertz CT molecular complexity index is 899. The summed E-state index contributed by atoms with van der Waals surface area (Å²) < 4.78 is 5.51. The number of carbonyl (C=O) groups is 1. The number of hydrogen-bond donors (Lipinski definition) is 2. The topological polar surface area (TPSA) is 69.9 Å². The molecule has 128 valence electrons. The van der Waals surface area contributed by atoms with Gasteiger partial charge in [-0.2, -0.15) is 5.10 Å². The SMILES string of the molecule is CN(C)c1ccc(/C=N/NC(=O)CNc2ccc3ccccc3c2)o1. The van der Waals surface area contributed by atoms with E-state index in [-0.39, 0.29) is 12.5 Å². The minimum absolute atomic E-state index is 0.136. The van der Waals surface area contributed by atoms with Crippen LogP contribution in [0.4, 0.5) is 11.6 Å². The number of rotatable bonds is 6. The van der Waals surface area contributed by atoms with Crippen LogP contribution in [-0.4, -0.2) is 32.8 Å². The summed E-state index contributed by atoms with van der Waals surface area (Å²) in [4.78, 5) is 13.7. The quantitative estimate of drug-likeness (QED) is 0.536. The van der Waals surface area contributed by atoms with Crippen molar-refractivity contribution in [3.8, 4) is 0 Å². The van der Waals surface area contributed by atoms with Gasteiger partial charge in [0.05, 0.1) is 12.8 Å². The highest BCUT2D eigenvalue weighted by atomic mass is 16.4. The van der Waals surface area contributed by atoms with Gasteiger partial charge in [0.15, 0.2) is 5.88 Å². The number of anilines is 2. The van der Waals surface area contributed by atoms with Crippen molar-refractivity contribution in [3.05, 3.63) is 60.4 Å². The number of amides is 1. The van der Waals surface area contributed by atoms with E-state index in [0.717, 1.165) is 22.3 Å². The highest BCUT2D eigenvalue weighted by Gasteiger charge is 2.03. The molecule has 0 bridgehead atoms. The van der Waals surface area contributed by atoms with Gasteiger partial charge in [-0.25, -0.2) is 5.43 Å². The van der Waals surface area contributed by atoms with Crippen molar-refractivity contribution >= 4 is 34.5 Å². The number of nitrogens with one attached hydrogen (secondary N) is 2. The Morgan fingerprint density at radius 1 is 1.12 bits per heavy atom. The van der Waals surface area contributed by atoms with Gasteiger partial charge in [0, 0.05) is 25.8 Å². The van der Waals surface area contributed by atoms with Gasteiger partial charge in [-0.15, -0.1) is 0 Å². The van der Waals surface area contributed by atoms with Crippen LogP contribution in [0, 0.1) is 0 Å². The molecule has 0 aliphatic rings. The summed E-state index contributed by atoms with van der Waals surface area (Å²) in [6.45, 7) is 0.136. The Morgan fingerprint density at radius 3 is 2.68 bits per heavy atom. The molecule has 0 atom stereocenters. The number of hydrogen-bond acceptors (Lipinski definition) is 5. The smallest absolute Gasteiger partial charge is 0.259 e. The third-order valence-corrected chi connectivity index (χ3v) is 3.64. The first-order valence-corrected chi connectivity index (χ1v) is 7.93. The van der Waals surface area contributed by atoms with Gasteiger partial charge in [-0.1, -0.05) is 30.3 Å². The molecule has 2 N–H and O–H groups in total. The van der Waals surface area contributed by atoms with E-state index < -0.39 is 0 Å². The van der Waals surface area contributed by atoms with Gasteiger partial charge < -0.3 is 14.6 Å². The molecule has 0 saturated carbocycles. The zero-order valence-corrected chi connectivity index (χ0v) is 14.2. The average molecular weight is 336 g/mol. The fourth-order valence-electron chi connectivity index (χ4n) is 2.34. The van der Waals surface area contributed by atoms with Crippen molar-refractivity contribution in [1.82, 2.24) is 5.43 Å². The second-order valence-corrected chi connectivity index (χ2v) is 5.78. The first-order valence-electron chi connectivity index (χ1n) is 7.93. The monoisotopic (exact) mass is 336 g/mol. The molecule has 2 aromatic carbocycles. The van der Waals surface area contributed by atoms with Crippen molar-refractivity contribution in [2.45, 2.75) is 0 Å². The van der Waals surface area contributed by atoms with Crippen molar-refractivity contribution in [1.29, 1.82) is 0 Å². The maximum absolute atomic E-state index is 11.9. The molecule has 1 aromatic heterocycles. The molecule has 3 rings (SSSR count). The molecular formula is C19H20N4O2. The van der Waals surface area contributed by atoms with Crippen LogP contribution in [0.15, 0.2) is 64.1 Å². The Balaban J connectivity index is 1.50. The summed E-state index contributed by atoms with van der Waals surface area (Å²) in [5.41, 5.74) is 3.36. The summed E-state index contributed by atoms with van der Waals surface area (Å²) in [7, 11) is 3.78. The van der Waals surface area contributed by atoms with Crippen molar-refractivity contribution < 1.29 is 9.21 Å². The molecule has 6 nitrogen and oxygen atoms in total. The molecule has 0 spiro atoms. The van der Waals surface area contributed by atoms with E-state index in [4.69, 9.17) is 4.42 Å². The predicted octanol–water partition coefficient (Wildman–Crippen LogP) is 3.06. The van der Waals surface area contributed by atoms with Gasteiger partial charge in [-0.05, 0) is 29.0 Å². The van der Waals surface area contributed by atoms with Crippen LogP contribution in [-0.2, 0) is 4.79 Å². The normalized spacial score (nSPS) is 11.0. The van der Waals surface area contributed by atoms with E-state index in [0.29, 0.717) is 5.76 Å². The Labute approximate surface area is 146 Å². The van der Waals surface area contributed by atoms with Crippen molar-refractivity contribution in [2.24, 2.45) is 5.10 Å². The van der Waals surface area contributed by atoms with E-state index in [2.05, 4.69) is 21.9 Å². The standard InChI is InChI=1S/C19H20N4O2/c1-23(2)19-10-9-17(25-19)12-21-22-18(24)13-20-16-8-7-14-5-3-4-6-15(14)11-16/h3-12,20H,13H2,1-2H3,(H,22,24)/b21-12+. The molecule has 1 amide bonds. The Kier molecular flexibility index (Phi) is 4.99. The fraction of sp³-hybridized carbons (Fsp3) is 0.158. The summed E-state index contributed by atoms with van der Waals surface area (Å²) in [5, 5.41) is 9.28. The van der Waals surface area contributed by atoms with E-state index in [1.807, 2.05) is 61.5 Å². The molecule has 25 heavy (non-hydrogen) atoms. The predicted molar refractivity (Wildman–Crippen MR) is 101 cm³/mol. The summed E-state index contributed by atoms with van der Waals surface area (Å²) >= 11 is 0. The summed E-state index contributed by atoms with van der Waals surface area (Å²) in [6, 6.07) is 17.7. The van der Waals surface area contributed by atoms with Gasteiger partial charge in [0.2, 0.25) is 0 Å². The Morgan fingerprint density at radius 2 is 1.92 bits per heavy atom. The highest BCUT2D eigenvalue weighted by Crippen LogP contribution is 2.18. The number of carbonyl (C=O) groups excluding carboxylic acids is 1. The molecule has 0 aliphatic heterocycles. The van der Waals surface area contributed by atoms with E-state index in [1.54, 1.807) is 6.07 Å². The lowest BCUT2D eigenvalue weighted by atomic mass is 10.1. The summed E-state index contributed by atoms with van der Waals surface area (Å²) in [5.74, 6) is 1.07. The van der Waals surface area contributed by atoms with E-state index in [1.165, 1.54) is 6.21 Å². The van der Waals surface area contributed by atoms with Crippen LogP contribution in [0.1, 0.15) is 5.76 Å². The van der Waals surface area contributed by atoms with Crippen LogP contribution >= 0.6 is 0 Å². The number of hydrazone groups is 1. The zero-order chi connectivity index (χ0) is 17.6. The van der Waals surface area contributed by atoms with Crippen LogP contribution in [0.25, 0.3) is 10.8 Å². The Hall–Kier alpha value is -3.28. The lowest BCUT2D eigenvalue weighted by molar-refractivity contribution is -0.119. The molecule has 6 heteroatoms. The first-order chi connectivity index (χ1) is 12.1. The second-order valence-electron chi connectivity index (χ2n) is 5.78. The third kappa shape index (κ3) is 4.38. The van der Waals surface area contributed by atoms with Crippen LogP contribution in [0.5, 0.6) is 0 Å². The highest BCUT2D eigenvalue weighted by molar-refractivity contribution is 5.87. The van der Waals surface area contributed by atoms with Gasteiger partial charge in [0.25, 0.3) is 5.91 Å². The van der Waals surface area contributed by atoms with E-state index in [9.17, 15) is 4.79 Å². The minimum atomic E-state index is -0.233. The van der Waals surface area contributed by atoms with Crippen molar-refractivity contribution in [2.75, 3.05) is 30.9 Å². The number of furan rings is 1. The molecule has 0 fully saturated rings. The molecule has 3 aromatic rings. The molecule has 0 unspecified atom stereocenters. The number of fused-ring (bicyclic) bond motifs is 1.